The summed E-state index contributed by atoms with van der Waals surface area (Å²) in [6, 6.07) is 12.2. The van der Waals surface area contributed by atoms with E-state index in [4.69, 9.17) is 15.6 Å². The lowest BCUT2D eigenvalue weighted by Gasteiger charge is -2.13. The Bertz CT molecular complexity index is 1510. The van der Waals surface area contributed by atoms with Gasteiger partial charge in [0.05, 0.1) is 17.9 Å². The van der Waals surface area contributed by atoms with Crippen molar-refractivity contribution in [3.8, 4) is 29.1 Å². The van der Waals surface area contributed by atoms with E-state index in [0.717, 1.165) is 11.4 Å². The molecular weight excluding hydrogens is 513 g/mol. The summed E-state index contributed by atoms with van der Waals surface area (Å²) < 4.78 is 18.8. The van der Waals surface area contributed by atoms with E-state index in [1.54, 1.807) is 31.2 Å². The zero-order valence-electron chi connectivity index (χ0n) is 19.5. The van der Waals surface area contributed by atoms with Gasteiger partial charge in [-0.05, 0) is 36.8 Å². The molecule has 0 aliphatic rings. The summed E-state index contributed by atoms with van der Waals surface area (Å²) in [4.78, 5) is 13.1. The van der Waals surface area contributed by atoms with E-state index in [1.165, 1.54) is 35.4 Å². The summed E-state index contributed by atoms with van der Waals surface area (Å²) >= 11 is 2.67. The largest absolute Gasteiger partial charge is 0.475 e. The Morgan fingerprint density at radius 1 is 1.19 bits per heavy atom. The molecule has 4 aromatic rings. The molecule has 3 heterocycles. The van der Waals surface area contributed by atoms with E-state index in [2.05, 4.69) is 26.3 Å². The maximum atomic E-state index is 13.5. The van der Waals surface area contributed by atoms with Crippen molar-refractivity contribution in [3.63, 3.8) is 0 Å². The quantitative estimate of drug-likeness (QED) is 0.256. The van der Waals surface area contributed by atoms with Gasteiger partial charge in [0.25, 0.3) is 0 Å². The minimum absolute atomic E-state index is 0.00641. The lowest BCUT2D eigenvalue weighted by molar-refractivity contribution is 0.196. The summed E-state index contributed by atoms with van der Waals surface area (Å²) in [6.45, 7) is 1.64. The third-order valence-corrected chi connectivity index (χ3v) is 6.92. The van der Waals surface area contributed by atoms with Gasteiger partial charge >= 0.3 is 0 Å². The van der Waals surface area contributed by atoms with Crippen LogP contribution in [0, 0.1) is 35.4 Å². The van der Waals surface area contributed by atoms with Crippen molar-refractivity contribution in [2.45, 2.75) is 17.7 Å². The van der Waals surface area contributed by atoms with Crippen LogP contribution in [0.5, 0.6) is 5.88 Å². The topological polar surface area (TPSA) is 154 Å². The summed E-state index contributed by atoms with van der Waals surface area (Å²) in [5.41, 5.74) is 9.24. The molecule has 37 heavy (non-hydrogen) atoms. The van der Waals surface area contributed by atoms with Gasteiger partial charge in [-0.3, -0.25) is 0 Å². The second kappa shape index (κ2) is 11.7. The maximum absolute atomic E-state index is 13.5. The van der Waals surface area contributed by atoms with Crippen LogP contribution in [0.3, 0.4) is 0 Å². The van der Waals surface area contributed by atoms with E-state index in [-0.39, 0.29) is 36.0 Å². The number of benzene rings is 1. The van der Waals surface area contributed by atoms with Gasteiger partial charge in [-0.2, -0.15) is 10.5 Å². The number of rotatable bonds is 9. The van der Waals surface area contributed by atoms with Gasteiger partial charge in [0, 0.05) is 40.2 Å². The van der Waals surface area contributed by atoms with E-state index in [0.29, 0.717) is 38.5 Å². The Morgan fingerprint density at radius 2 is 2.00 bits per heavy atom. The van der Waals surface area contributed by atoms with Gasteiger partial charge < -0.3 is 20.9 Å². The highest BCUT2D eigenvalue weighted by molar-refractivity contribution is 7.98. The smallest absolute Gasteiger partial charge is 0.213 e. The molecule has 0 saturated heterocycles. The Kier molecular flexibility index (Phi) is 8.15. The van der Waals surface area contributed by atoms with Gasteiger partial charge in [-0.25, -0.2) is 19.3 Å². The molecule has 12 heteroatoms. The second-order valence-electron chi connectivity index (χ2n) is 7.63. The number of anilines is 3. The number of aliphatic hydroxyl groups is 1. The molecule has 4 N–H and O–H groups in total. The SMILES string of the molecule is Cc1cc(Nc2nc(CSc3nc(N)c(C#N)c(-c4ccc(OCCO)nc4)c3C#N)cs2)ccc1F. The molecule has 4 rings (SSSR count). The summed E-state index contributed by atoms with van der Waals surface area (Å²) in [5.74, 6) is 0.437. The molecule has 0 radical (unpaired) electrons. The van der Waals surface area contributed by atoms with Gasteiger partial charge in [0.2, 0.25) is 5.88 Å². The Morgan fingerprint density at radius 3 is 2.68 bits per heavy atom. The molecule has 0 atom stereocenters. The number of thiazole rings is 1. The molecule has 0 bridgehead atoms. The maximum Gasteiger partial charge on any atom is 0.213 e. The van der Waals surface area contributed by atoms with Gasteiger partial charge in [-0.15, -0.1) is 11.3 Å². The number of nitrogen functional groups attached to an aromatic ring is 1. The Balaban J connectivity index is 1.57. The van der Waals surface area contributed by atoms with Crippen molar-refractivity contribution in [1.29, 1.82) is 10.5 Å². The molecule has 0 amide bonds. The van der Waals surface area contributed by atoms with Crippen molar-refractivity contribution in [2.75, 3.05) is 24.3 Å². The van der Waals surface area contributed by atoms with Crippen LogP contribution in [-0.2, 0) is 5.75 Å². The fraction of sp³-hybridized carbons (Fsp3) is 0.160. The van der Waals surface area contributed by atoms with Crippen LogP contribution in [0.15, 0.2) is 46.9 Å². The van der Waals surface area contributed by atoms with E-state index >= 15 is 0 Å². The fourth-order valence-corrected chi connectivity index (χ4v) is 5.10. The van der Waals surface area contributed by atoms with Crippen LogP contribution in [0.4, 0.5) is 21.0 Å². The van der Waals surface area contributed by atoms with Gasteiger partial charge in [0.1, 0.15) is 41.0 Å². The third kappa shape index (κ3) is 5.95. The third-order valence-electron chi connectivity index (χ3n) is 5.10. The van der Waals surface area contributed by atoms with Crippen molar-refractivity contribution in [1.82, 2.24) is 15.0 Å². The number of nitrogens with two attached hydrogens (primary N) is 1. The number of nitriles is 2. The van der Waals surface area contributed by atoms with Crippen molar-refractivity contribution >= 4 is 39.7 Å². The van der Waals surface area contributed by atoms with Crippen LogP contribution in [-0.4, -0.2) is 33.3 Å². The number of hydrogen-bond donors (Lipinski definition) is 3. The fourth-order valence-electron chi connectivity index (χ4n) is 3.37. The molecule has 1 aromatic carbocycles. The normalized spacial score (nSPS) is 10.5. The van der Waals surface area contributed by atoms with Crippen molar-refractivity contribution in [3.05, 3.63) is 70.1 Å². The number of nitrogens with zero attached hydrogens (tertiary/aromatic N) is 5. The monoisotopic (exact) mass is 533 g/mol. The second-order valence-corrected chi connectivity index (χ2v) is 9.45. The predicted octanol–water partition coefficient (Wildman–Crippen LogP) is 4.78. The first kappa shape index (κ1) is 25.9. The Labute approximate surface area is 220 Å². The van der Waals surface area contributed by atoms with E-state index < -0.39 is 0 Å². The number of thioether (sulfide) groups is 1. The van der Waals surface area contributed by atoms with Crippen LogP contribution in [0.1, 0.15) is 22.4 Å². The van der Waals surface area contributed by atoms with Crippen molar-refractivity contribution in [2.24, 2.45) is 0 Å². The lowest BCUT2D eigenvalue weighted by atomic mass is 9.98. The standard InChI is InChI=1S/C25H20FN7O2S2/c1-14-8-16(3-4-20(14)26)31-25-32-17(13-37-25)12-36-24-19(10-28)22(18(9-27)23(29)33-24)15-2-5-21(30-11-15)35-7-6-34/h2-5,8,11,13,34H,6-7,12H2,1H3,(H2,29,33)(H,31,32). The highest BCUT2D eigenvalue weighted by atomic mass is 32.2. The van der Waals surface area contributed by atoms with Crippen LogP contribution in [0.25, 0.3) is 11.1 Å². The molecule has 186 valence electrons. The number of halogens is 1. The van der Waals surface area contributed by atoms with Crippen molar-refractivity contribution < 1.29 is 14.2 Å². The molecule has 3 aromatic heterocycles. The lowest BCUT2D eigenvalue weighted by Crippen LogP contribution is -2.05. The van der Waals surface area contributed by atoms with Crippen LogP contribution in [0.2, 0.25) is 0 Å². The van der Waals surface area contributed by atoms with E-state index in [1.807, 2.05) is 11.4 Å². The minimum atomic E-state index is -0.273. The highest BCUT2D eigenvalue weighted by Crippen LogP contribution is 2.37. The average molecular weight is 534 g/mol. The molecule has 0 aliphatic heterocycles. The highest BCUT2D eigenvalue weighted by Gasteiger charge is 2.21. The average Bonchev–Trinajstić information content (AvgIpc) is 3.35. The van der Waals surface area contributed by atoms with Gasteiger partial charge in [-0.1, -0.05) is 11.8 Å². The summed E-state index contributed by atoms with van der Waals surface area (Å²) in [7, 11) is 0. The number of pyridine rings is 2. The zero-order valence-corrected chi connectivity index (χ0v) is 21.2. The number of aliphatic hydroxyl groups excluding tert-OH is 1. The molecule has 0 saturated carbocycles. The predicted molar refractivity (Wildman–Crippen MR) is 140 cm³/mol. The zero-order chi connectivity index (χ0) is 26.4. The molecule has 0 fully saturated rings. The molecule has 0 aliphatic carbocycles. The molecular formula is C25H20FN7O2S2. The van der Waals surface area contributed by atoms with Gasteiger partial charge in [0.15, 0.2) is 5.13 Å². The first-order valence-electron chi connectivity index (χ1n) is 10.9. The molecule has 0 spiro atoms. The molecule has 0 unspecified atom stereocenters. The minimum Gasteiger partial charge on any atom is -0.475 e. The first-order chi connectivity index (χ1) is 17.9. The Hall–Kier alpha value is -4.23. The summed E-state index contributed by atoms with van der Waals surface area (Å²) in [6.07, 6.45) is 1.48. The van der Waals surface area contributed by atoms with E-state index in [9.17, 15) is 14.9 Å². The van der Waals surface area contributed by atoms with Crippen LogP contribution < -0.4 is 15.8 Å². The number of aryl methyl sites for hydroxylation is 1. The number of nitrogens with one attached hydrogen (secondary N) is 1. The van der Waals surface area contributed by atoms with Crippen LogP contribution >= 0.6 is 23.1 Å². The molecule has 9 nitrogen and oxygen atoms in total. The summed E-state index contributed by atoms with van der Waals surface area (Å²) in [5, 5.41) is 34.6. The number of ether oxygens (including phenoxy) is 1. The number of hydrogen-bond acceptors (Lipinski definition) is 11. The number of aromatic nitrogens is 3. The first-order valence-corrected chi connectivity index (χ1v) is 12.7.